The Bertz CT molecular complexity index is 412. The summed E-state index contributed by atoms with van der Waals surface area (Å²) in [5, 5.41) is 0. The van der Waals surface area contributed by atoms with Crippen LogP contribution in [-0.2, 0) is 6.42 Å². The van der Waals surface area contributed by atoms with Crippen molar-refractivity contribution in [1.82, 2.24) is 0 Å². The van der Waals surface area contributed by atoms with Gasteiger partial charge in [0.05, 0.1) is 24.3 Å². The molecule has 2 rings (SSSR count). The molecule has 0 heterocycles. The van der Waals surface area contributed by atoms with Gasteiger partial charge in [0.15, 0.2) is 5.78 Å². The van der Waals surface area contributed by atoms with Crippen molar-refractivity contribution < 1.29 is 14.3 Å². The van der Waals surface area contributed by atoms with E-state index < -0.39 is 0 Å². The third-order valence-electron chi connectivity index (χ3n) is 2.34. The first kappa shape index (κ1) is 9.52. The van der Waals surface area contributed by atoms with Gasteiger partial charge in [0.25, 0.3) is 0 Å². The number of methoxy groups -OCH3 is 2. The van der Waals surface area contributed by atoms with Crippen molar-refractivity contribution in [3.63, 3.8) is 0 Å². The highest BCUT2D eigenvalue weighted by Crippen LogP contribution is 2.43. The molecule has 0 saturated heterocycles. The molecule has 1 aliphatic carbocycles. The molecule has 3 nitrogen and oxygen atoms in total. The predicted octanol–water partition coefficient (Wildman–Crippen LogP) is 2.21. The highest BCUT2D eigenvalue weighted by atomic mass is 79.9. The highest BCUT2D eigenvalue weighted by molar-refractivity contribution is 9.10. The number of ketones is 1. The number of benzene rings is 1. The first-order valence-corrected chi connectivity index (χ1v) is 4.95. The summed E-state index contributed by atoms with van der Waals surface area (Å²) in [6.07, 6.45) is 0.447. The van der Waals surface area contributed by atoms with Gasteiger partial charge in [-0.3, -0.25) is 4.79 Å². The average molecular weight is 257 g/mol. The Kier molecular flexibility index (Phi) is 2.23. The topological polar surface area (TPSA) is 35.5 Å². The molecule has 0 radical (unpaired) electrons. The summed E-state index contributed by atoms with van der Waals surface area (Å²) >= 11 is 3.34. The summed E-state index contributed by atoms with van der Waals surface area (Å²) in [5.41, 5.74) is 1.59. The fraction of sp³-hybridized carbons (Fsp3) is 0.300. The van der Waals surface area contributed by atoms with E-state index in [2.05, 4.69) is 15.9 Å². The molecule has 0 atom stereocenters. The summed E-state index contributed by atoms with van der Waals surface area (Å²) in [5.74, 6) is 1.46. The smallest absolute Gasteiger partial charge is 0.171 e. The van der Waals surface area contributed by atoms with Gasteiger partial charge in [-0.15, -0.1) is 0 Å². The second-order valence-electron chi connectivity index (χ2n) is 3.05. The first-order chi connectivity index (χ1) is 6.69. The number of rotatable bonds is 2. The SMILES string of the molecule is COc1cc(Br)c(OC)c2c1CC2=O. The molecule has 0 bridgehead atoms. The Morgan fingerprint density at radius 1 is 1.36 bits per heavy atom. The van der Waals surface area contributed by atoms with Gasteiger partial charge in [0.2, 0.25) is 0 Å². The van der Waals surface area contributed by atoms with Crippen molar-refractivity contribution in [3.05, 3.63) is 21.7 Å². The third kappa shape index (κ3) is 1.14. The number of hydrogen-bond acceptors (Lipinski definition) is 3. The molecule has 0 spiro atoms. The van der Waals surface area contributed by atoms with E-state index >= 15 is 0 Å². The molecule has 0 saturated carbocycles. The van der Waals surface area contributed by atoms with Crippen LogP contribution >= 0.6 is 15.9 Å². The van der Waals surface area contributed by atoms with Crippen LogP contribution in [0, 0.1) is 0 Å². The zero-order valence-corrected chi connectivity index (χ0v) is 9.47. The van der Waals surface area contributed by atoms with Crippen molar-refractivity contribution in [2.75, 3.05) is 14.2 Å². The largest absolute Gasteiger partial charge is 0.496 e. The van der Waals surface area contributed by atoms with E-state index in [9.17, 15) is 4.79 Å². The van der Waals surface area contributed by atoms with Crippen molar-refractivity contribution in [2.45, 2.75) is 6.42 Å². The molecule has 0 unspecified atom stereocenters. The summed E-state index contributed by atoms with van der Waals surface area (Å²) in [4.78, 5) is 11.4. The standard InChI is InChI=1S/C10H9BrO3/c1-13-8-4-6(11)10(14-2)9-5(8)3-7(9)12/h4H,3H2,1-2H3. The lowest BCUT2D eigenvalue weighted by Crippen LogP contribution is -2.21. The van der Waals surface area contributed by atoms with Gasteiger partial charge in [-0.25, -0.2) is 0 Å². The molecule has 0 amide bonds. The Morgan fingerprint density at radius 2 is 2.07 bits per heavy atom. The fourth-order valence-corrected chi connectivity index (χ4v) is 2.21. The third-order valence-corrected chi connectivity index (χ3v) is 2.93. The Morgan fingerprint density at radius 3 is 2.57 bits per heavy atom. The van der Waals surface area contributed by atoms with E-state index in [1.165, 1.54) is 0 Å². The van der Waals surface area contributed by atoms with Crippen LogP contribution < -0.4 is 9.47 Å². The zero-order chi connectivity index (χ0) is 10.3. The van der Waals surface area contributed by atoms with E-state index in [-0.39, 0.29) is 5.78 Å². The van der Waals surface area contributed by atoms with E-state index in [4.69, 9.17) is 9.47 Å². The first-order valence-electron chi connectivity index (χ1n) is 4.15. The van der Waals surface area contributed by atoms with Crippen LogP contribution in [0.4, 0.5) is 0 Å². The normalized spacial score (nSPS) is 13.2. The number of carbonyl (C=O) groups excluding carboxylic acids is 1. The van der Waals surface area contributed by atoms with Gasteiger partial charge in [0.1, 0.15) is 11.5 Å². The maximum absolute atomic E-state index is 11.4. The minimum Gasteiger partial charge on any atom is -0.496 e. The van der Waals surface area contributed by atoms with Crippen molar-refractivity contribution in [1.29, 1.82) is 0 Å². The second kappa shape index (κ2) is 3.28. The van der Waals surface area contributed by atoms with Gasteiger partial charge in [-0.2, -0.15) is 0 Å². The van der Waals surface area contributed by atoms with Gasteiger partial charge in [-0.05, 0) is 22.0 Å². The van der Waals surface area contributed by atoms with Gasteiger partial charge in [0, 0.05) is 12.0 Å². The van der Waals surface area contributed by atoms with E-state index in [1.54, 1.807) is 14.2 Å². The second-order valence-corrected chi connectivity index (χ2v) is 3.90. The van der Waals surface area contributed by atoms with Crippen LogP contribution in [0.25, 0.3) is 0 Å². The quantitative estimate of drug-likeness (QED) is 0.814. The summed E-state index contributed by atoms with van der Waals surface area (Å²) in [7, 11) is 3.15. The lowest BCUT2D eigenvalue weighted by molar-refractivity contribution is 0.0961. The molecule has 1 aliphatic rings. The van der Waals surface area contributed by atoms with Crippen LogP contribution in [0.5, 0.6) is 11.5 Å². The Hall–Kier alpha value is -1.03. The number of Topliss-reactive ketones (excluding diaryl/α,β-unsaturated/α-hetero) is 1. The minimum absolute atomic E-state index is 0.108. The Labute approximate surface area is 90.1 Å². The fourth-order valence-electron chi connectivity index (χ4n) is 1.64. The lowest BCUT2D eigenvalue weighted by atomic mass is 9.85. The number of ether oxygens (including phenoxy) is 2. The zero-order valence-electron chi connectivity index (χ0n) is 7.89. The van der Waals surface area contributed by atoms with Crippen molar-refractivity contribution >= 4 is 21.7 Å². The maximum Gasteiger partial charge on any atom is 0.171 e. The van der Waals surface area contributed by atoms with Gasteiger partial charge < -0.3 is 9.47 Å². The van der Waals surface area contributed by atoms with Gasteiger partial charge >= 0.3 is 0 Å². The monoisotopic (exact) mass is 256 g/mol. The van der Waals surface area contributed by atoms with Crippen LogP contribution in [0.15, 0.2) is 10.5 Å². The van der Waals surface area contributed by atoms with Crippen LogP contribution in [-0.4, -0.2) is 20.0 Å². The molecule has 74 valence electrons. The van der Waals surface area contributed by atoms with Crippen molar-refractivity contribution in [2.24, 2.45) is 0 Å². The number of carbonyl (C=O) groups is 1. The van der Waals surface area contributed by atoms with Crippen LogP contribution in [0.3, 0.4) is 0 Å². The number of halogens is 1. The summed E-state index contributed by atoms with van der Waals surface area (Å²) in [6.45, 7) is 0. The molecule has 0 fully saturated rings. The maximum atomic E-state index is 11.4. The molecule has 14 heavy (non-hydrogen) atoms. The molecular formula is C10H9BrO3. The van der Waals surface area contributed by atoms with Crippen molar-refractivity contribution in [3.8, 4) is 11.5 Å². The highest BCUT2D eigenvalue weighted by Gasteiger charge is 2.32. The van der Waals surface area contributed by atoms with E-state index in [0.29, 0.717) is 17.7 Å². The molecule has 1 aromatic carbocycles. The molecule has 1 aromatic rings. The number of fused-ring (bicyclic) bond motifs is 1. The summed E-state index contributed by atoms with van der Waals surface area (Å²) in [6, 6.07) is 1.82. The van der Waals surface area contributed by atoms with E-state index in [1.807, 2.05) is 6.07 Å². The molecular weight excluding hydrogens is 248 g/mol. The molecule has 0 aromatic heterocycles. The molecule has 4 heteroatoms. The average Bonchev–Trinajstić information content (AvgIpc) is 2.18. The molecule has 0 N–H and O–H groups in total. The predicted molar refractivity (Wildman–Crippen MR) is 55.3 cm³/mol. The van der Waals surface area contributed by atoms with Crippen LogP contribution in [0.2, 0.25) is 0 Å². The minimum atomic E-state index is 0.108. The summed E-state index contributed by atoms with van der Waals surface area (Å²) < 4.78 is 11.1. The number of hydrogen-bond donors (Lipinski definition) is 0. The van der Waals surface area contributed by atoms with Crippen LogP contribution in [0.1, 0.15) is 15.9 Å². The Balaban J connectivity index is 2.66. The van der Waals surface area contributed by atoms with E-state index in [0.717, 1.165) is 15.8 Å². The molecule has 0 aliphatic heterocycles. The lowest BCUT2D eigenvalue weighted by Gasteiger charge is -2.23. The van der Waals surface area contributed by atoms with Gasteiger partial charge in [-0.1, -0.05) is 0 Å².